The molecule has 0 saturated heterocycles. The quantitative estimate of drug-likeness (QED) is 0.495. The Bertz CT molecular complexity index is 209. The molecule has 0 amide bonds. The number of rotatable bonds is 0. The third-order valence-electron chi connectivity index (χ3n) is 2.28. The first kappa shape index (κ1) is 8.58. The Morgan fingerprint density at radius 2 is 1.73 bits per heavy atom. The second kappa shape index (κ2) is 2.23. The third kappa shape index (κ3) is 1.55. The molecule has 0 saturated carbocycles. The van der Waals surface area contributed by atoms with Gasteiger partial charge >= 0.3 is 0 Å². The minimum absolute atomic E-state index is 0.276. The van der Waals surface area contributed by atoms with E-state index in [-0.39, 0.29) is 5.41 Å². The van der Waals surface area contributed by atoms with Crippen LogP contribution in [0.3, 0.4) is 0 Å². The summed E-state index contributed by atoms with van der Waals surface area (Å²) < 4.78 is 0. The largest absolute Gasteiger partial charge is 0.0748 e. The summed E-state index contributed by atoms with van der Waals surface area (Å²) >= 11 is 0. The van der Waals surface area contributed by atoms with Gasteiger partial charge in [0.15, 0.2) is 0 Å². The van der Waals surface area contributed by atoms with Crippen molar-refractivity contribution in [3.63, 3.8) is 0 Å². The molecule has 0 fully saturated rings. The van der Waals surface area contributed by atoms with Gasteiger partial charge in [-0.3, -0.25) is 0 Å². The van der Waals surface area contributed by atoms with Crippen molar-refractivity contribution in [1.29, 1.82) is 0 Å². The predicted octanol–water partition coefficient (Wildman–Crippen LogP) is 3.55. The SMILES string of the molecule is CC(C)(C)C1=CC=CC1(C)C. The highest BCUT2D eigenvalue weighted by Crippen LogP contribution is 2.43. The Kier molecular flexibility index (Phi) is 1.74. The van der Waals surface area contributed by atoms with Crippen molar-refractivity contribution in [1.82, 2.24) is 0 Å². The van der Waals surface area contributed by atoms with Gasteiger partial charge < -0.3 is 0 Å². The van der Waals surface area contributed by atoms with Gasteiger partial charge in [0.2, 0.25) is 0 Å². The second-order valence-corrected chi connectivity index (χ2v) is 4.91. The lowest BCUT2D eigenvalue weighted by atomic mass is 9.73. The van der Waals surface area contributed by atoms with E-state index in [0.717, 1.165) is 0 Å². The van der Waals surface area contributed by atoms with Crippen LogP contribution in [0.15, 0.2) is 23.8 Å². The highest BCUT2D eigenvalue weighted by molar-refractivity contribution is 5.35. The lowest BCUT2D eigenvalue weighted by Crippen LogP contribution is -2.20. The maximum atomic E-state index is 2.27. The molecule has 0 radical (unpaired) electrons. The van der Waals surface area contributed by atoms with Gasteiger partial charge in [-0.2, -0.15) is 0 Å². The van der Waals surface area contributed by atoms with Crippen LogP contribution in [0.25, 0.3) is 0 Å². The van der Waals surface area contributed by atoms with Gasteiger partial charge in [0.05, 0.1) is 0 Å². The van der Waals surface area contributed by atoms with Crippen molar-refractivity contribution in [2.75, 3.05) is 0 Å². The Balaban J connectivity index is 2.94. The van der Waals surface area contributed by atoms with E-state index in [0.29, 0.717) is 5.41 Å². The maximum Gasteiger partial charge on any atom is 0.00457 e. The van der Waals surface area contributed by atoms with Gasteiger partial charge in [-0.1, -0.05) is 58.4 Å². The molecule has 0 spiro atoms. The van der Waals surface area contributed by atoms with Gasteiger partial charge in [0.25, 0.3) is 0 Å². The summed E-state index contributed by atoms with van der Waals surface area (Å²) in [7, 11) is 0. The average molecular weight is 150 g/mol. The van der Waals surface area contributed by atoms with E-state index in [4.69, 9.17) is 0 Å². The molecule has 0 aliphatic heterocycles. The minimum atomic E-state index is 0.276. The minimum Gasteiger partial charge on any atom is -0.0748 e. The Morgan fingerprint density at radius 1 is 1.18 bits per heavy atom. The summed E-state index contributed by atoms with van der Waals surface area (Å²) in [5.74, 6) is 0. The molecule has 0 N–H and O–H groups in total. The molecule has 11 heavy (non-hydrogen) atoms. The van der Waals surface area contributed by atoms with Gasteiger partial charge in [0, 0.05) is 5.41 Å². The Labute approximate surface area is 70.0 Å². The molecule has 0 atom stereocenters. The standard InChI is InChI=1S/C11H18/c1-10(2,3)9-7-6-8-11(9,4)5/h6-8H,1-5H3. The fraction of sp³-hybridized carbons (Fsp3) is 0.636. The van der Waals surface area contributed by atoms with Gasteiger partial charge in [-0.15, -0.1) is 0 Å². The monoisotopic (exact) mass is 150 g/mol. The van der Waals surface area contributed by atoms with E-state index in [1.165, 1.54) is 5.57 Å². The maximum absolute atomic E-state index is 2.27. The first-order valence-corrected chi connectivity index (χ1v) is 4.24. The van der Waals surface area contributed by atoms with Crippen LogP contribution < -0.4 is 0 Å². The molecule has 1 aliphatic carbocycles. The van der Waals surface area contributed by atoms with Crippen molar-refractivity contribution < 1.29 is 0 Å². The lowest BCUT2D eigenvalue weighted by Gasteiger charge is -2.31. The van der Waals surface area contributed by atoms with Crippen LogP contribution in [0.2, 0.25) is 0 Å². The van der Waals surface area contributed by atoms with Gasteiger partial charge in [0.1, 0.15) is 0 Å². The molecule has 1 aliphatic rings. The summed E-state index contributed by atoms with van der Waals surface area (Å²) in [6.45, 7) is 11.4. The first-order valence-electron chi connectivity index (χ1n) is 4.24. The van der Waals surface area contributed by atoms with Crippen molar-refractivity contribution in [2.45, 2.75) is 34.6 Å². The molecule has 0 nitrogen and oxygen atoms in total. The molecule has 0 aromatic rings. The topological polar surface area (TPSA) is 0 Å². The van der Waals surface area contributed by atoms with E-state index in [9.17, 15) is 0 Å². The van der Waals surface area contributed by atoms with Gasteiger partial charge in [-0.05, 0) is 5.41 Å². The molecule has 0 unspecified atom stereocenters. The second-order valence-electron chi connectivity index (χ2n) is 4.91. The Morgan fingerprint density at radius 3 is 1.91 bits per heavy atom. The zero-order valence-electron chi connectivity index (χ0n) is 8.23. The molecular formula is C11H18. The van der Waals surface area contributed by atoms with Gasteiger partial charge in [-0.25, -0.2) is 0 Å². The fourth-order valence-corrected chi connectivity index (χ4v) is 1.91. The van der Waals surface area contributed by atoms with Crippen molar-refractivity contribution in [3.8, 4) is 0 Å². The van der Waals surface area contributed by atoms with E-state index in [1.807, 2.05) is 0 Å². The summed E-state index contributed by atoms with van der Waals surface area (Å²) in [5, 5.41) is 0. The lowest BCUT2D eigenvalue weighted by molar-refractivity contribution is 0.400. The van der Waals surface area contributed by atoms with Crippen LogP contribution in [0, 0.1) is 10.8 Å². The van der Waals surface area contributed by atoms with E-state index in [2.05, 4.69) is 52.8 Å². The zero-order chi connectivity index (χ0) is 8.70. The normalized spacial score (nSPS) is 22.1. The van der Waals surface area contributed by atoms with Crippen LogP contribution in [0.1, 0.15) is 34.6 Å². The summed E-state index contributed by atoms with van der Waals surface area (Å²) in [6, 6.07) is 0. The van der Waals surface area contributed by atoms with Crippen LogP contribution in [0.4, 0.5) is 0 Å². The molecule has 0 heteroatoms. The Hall–Kier alpha value is -0.520. The van der Waals surface area contributed by atoms with E-state index >= 15 is 0 Å². The average Bonchev–Trinajstić information content (AvgIpc) is 2.06. The number of hydrogen-bond acceptors (Lipinski definition) is 0. The van der Waals surface area contributed by atoms with Crippen LogP contribution in [-0.2, 0) is 0 Å². The van der Waals surface area contributed by atoms with E-state index < -0.39 is 0 Å². The predicted molar refractivity (Wildman–Crippen MR) is 50.5 cm³/mol. The number of allylic oxidation sites excluding steroid dienone is 4. The molecular weight excluding hydrogens is 132 g/mol. The molecule has 0 aromatic carbocycles. The molecule has 0 aromatic heterocycles. The first-order chi connectivity index (χ1) is 4.84. The fourth-order valence-electron chi connectivity index (χ4n) is 1.91. The molecule has 0 bridgehead atoms. The van der Waals surface area contributed by atoms with Crippen LogP contribution >= 0.6 is 0 Å². The highest BCUT2D eigenvalue weighted by Gasteiger charge is 2.31. The van der Waals surface area contributed by atoms with Crippen molar-refractivity contribution in [3.05, 3.63) is 23.8 Å². The molecule has 1 rings (SSSR count). The summed E-state index contributed by atoms with van der Waals surface area (Å²) in [4.78, 5) is 0. The van der Waals surface area contributed by atoms with Crippen molar-refractivity contribution in [2.24, 2.45) is 10.8 Å². The highest BCUT2D eigenvalue weighted by atomic mass is 14.4. The summed E-state index contributed by atoms with van der Waals surface area (Å²) in [5.41, 5.74) is 2.12. The van der Waals surface area contributed by atoms with Crippen molar-refractivity contribution >= 4 is 0 Å². The third-order valence-corrected chi connectivity index (χ3v) is 2.28. The smallest absolute Gasteiger partial charge is 0.00457 e. The zero-order valence-corrected chi connectivity index (χ0v) is 8.23. The van der Waals surface area contributed by atoms with Crippen LogP contribution in [0.5, 0.6) is 0 Å². The van der Waals surface area contributed by atoms with Crippen LogP contribution in [-0.4, -0.2) is 0 Å². The summed E-state index contributed by atoms with van der Waals surface area (Å²) in [6.07, 6.45) is 6.69. The molecule has 0 heterocycles. The van der Waals surface area contributed by atoms with E-state index in [1.54, 1.807) is 0 Å². The molecule has 62 valence electrons. The number of hydrogen-bond donors (Lipinski definition) is 0.